The lowest BCUT2D eigenvalue weighted by Crippen LogP contribution is -2.16. The van der Waals surface area contributed by atoms with Crippen LogP contribution in [0.4, 0.5) is 18.9 Å². The molecule has 0 aliphatic heterocycles. The van der Waals surface area contributed by atoms with Crippen molar-refractivity contribution < 1.29 is 27.9 Å². The van der Waals surface area contributed by atoms with Crippen molar-refractivity contribution in [1.82, 2.24) is 9.78 Å². The third kappa shape index (κ3) is 4.18. The van der Waals surface area contributed by atoms with Crippen LogP contribution in [-0.4, -0.2) is 26.8 Å². The molecule has 9 heteroatoms. The van der Waals surface area contributed by atoms with E-state index in [0.717, 1.165) is 12.1 Å². The van der Waals surface area contributed by atoms with E-state index >= 15 is 0 Å². The average Bonchev–Trinajstić information content (AvgIpc) is 3.12. The highest BCUT2D eigenvalue weighted by molar-refractivity contribution is 6.12. The summed E-state index contributed by atoms with van der Waals surface area (Å²) in [5, 5.41) is 16.8. The number of alkyl halides is 3. The summed E-state index contributed by atoms with van der Waals surface area (Å²) in [6.45, 7) is 0.150. The monoisotopic (exact) mass is 439 g/mol. The molecule has 0 aliphatic rings. The van der Waals surface area contributed by atoms with Gasteiger partial charge in [-0.1, -0.05) is 42.5 Å². The summed E-state index contributed by atoms with van der Waals surface area (Å²) in [5.74, 6) is -1.78. The Hall–Kier alpha value is -4.14. The number of nitrogens with zero attached hydrogens (tertiary/aromatic N) is 2. The van der Waals surface area contributed by atoms with Crippen LogP contribution >= 0.6 is 0 Å². The van der Waals surface area contributed by atoms with Gasteiger partial charge in [0.15, 0.2) is 5.69 Å². The van der Waals surface area contributed by atoms with Gasteiger partial charge in [-0.3, -0.25) is 9.48 Å². The molecule has 3 aromatic carbocycles. The molecule has 1 aromatic heterocycles. The highest BCUT2D eigenvalue weighted by Gasteiger charge is 2.30. The fourth-order valence-corrected chi connectivity index (χ4v) is 3.35. The molecule has 2 N–H and O–H groups in total. The fourth-order valence-electron chi connectivity index (χ4n) is 3.35. The molecule has 0 unspecified atom stereocenters. The number of carbonyl (C=O) groups excluding carboxylic acids is 1. The zero-order valence-corrected chi connectivity index (χ0v) is 16.4. The van der Waals surface area contributed by atoms with E-state index in [0.29, 0.717) is 16.5 Å². The number of hydrogen-bond acceptors (Lipinski definition) is 3. The first kappa shape index (κ1) is 21.1. The zero-order valence-electron chi connectivity index (χ0n) is 16.4. The van der Waals surface area contributed by atoms with E-state index in [-0.39, 0.29) is 23.5 Å². The summed E-state index contributed by atoms with van der Waals surface area (Å²) in [6, 6.07) is 17.7. The van der Waals surface area contributed by atoms with Gasteiger partial charge >= 0.3 is 12.1 Å². The molecule has 1 amide bonds. The summed E-state index contributed by atoms with van der Waals surface area (Å²) in [4.78, 5) is 24.3. The molecule has 4 aromatic rings. The number of hydrogen-bond donors (Lipinski definition) is 2. The molecular formula is C23H16F3N3O3. The van der Waals surface area contributed by atoms with Gasteiger partial charge in [-0.25, -0.2) is 4.79 Å². The SMILES string of the molecule is O=C(O)c1ccccc1NC(=O)c1nn(Cc2ccc(C(F)(F)F)cc2)c2ccccc12. The van der Waals surface area contributed by atoms with Crippen LogP contribution in [0.1, 0.15) is 32.0 Å². The van der Waals surface area contributed by atoms with Crippen LogP contribution in [0.15, 0.2) is 72.8 Å². The molecule has 162 valence electrons. The smallest absolute Gasteiger partial charge is 0.416 e. The number of aromatic nitrogens is 2. The molecular weight excluding hydrogens is 423 g/mol. The van der Waals surface area contributed by atoms with Crippen LogP contribution in [0.5, 0.6) is 0 Å². The van der Waals surface area contributed by atoms with Gasteiger partial charge in [0.1, 0.15) is 0 Å². The zero-order chi connectivity index (χ0) is 22.9. The van der Waals surface area contributed by atoms with Crippen molar-refractivity contribution in [3.05, 3.63) is 95.2 Å². The Labute approximate surface area is 179 Å². The van der Waals surface area contributed by atoms with Gasteiger partial charge in [0, 0.05) is 5.39 Å². The normalized spacial score (nSPS) is 11.5. The second-order valence-electron chi connectivity index (χ2n) is 7.02. The van der Waals surface area contributed by atoms with Crippen LogP contribution in [0.25, 0.3) is 10.9 Å². The number of carbonyl (C=O) groups is 2. The van der Waals surface area contributed by atoms with E-state index in [1.54, 1.807) is 36.4 Å². The highest BCUT2D eigenvalue weighted by Crippen LogP contribution is 2.29. The van der Waals surface area contributed by atoms with E-state index in [1.807, 2.05) is 0 Å². The first-order valence-electron chi connectivity index (χ1n) is 9.49. The minimum atomic E-state index is -4.42. The van der Waals surface area contributed by atoms with Crippen LogP contribution in [0.2, 0.25) is 0 Å². The number of rotatable bonds is 5. The Morgan fingerprint density at radius 2 is 1.59 bits per heavy atom. The molecule has 0 saturated heterocycles. The van der Waals surface area contributed by atoms with Gasteiger partial charge < -0.3 is 10.4 Å². The van der Waals surface area contributed by atoms with Crippen LogP contribution in [0, 0.1) is 0 Å². The molecule has 4 rings (SSSR count). The number of carboxylic acid groups (broad SMARTS) is 1. The quantitative estimate of drug-likeness (QED) is 0.456. The first-order valence-corrected chi connectivity index (χ1v) is 9.49. The summed E-state index contributed by atoms with van der Waals surface area (Å²) in [6.07, 6.45) is -4.42. The third-order valence-electron chi connectivity index (χ3n) is 4.89. The highest BCUT2D eigenvalue weighted by atomic mass is 19.4. The Morgan fingerprint density at radius 1 is 0.938 bits per heavy atom. The summed E-state index contributed by atoms with van der Waals surface area (Å²) >= 11 is 0. The topological polar surface area (TPSA) is 84.2 Å². The largest absolute Gasteiger partial charge is 0.478 e. The van der Waals surface area contributed by atoms with Crippen molar-refractivity contribution in [3.63, 3.8) is 0 Å². The Kier molecular flexibility index (Phi) is 5.40. The van der Waals surface area contributed by atoms with Crippen LogP contribution in [-0.2, 0) is 12.7 Å². The van der Waals surface area contributed by atoms with Crippen molar-refractivity contribution in [1.29, 1.82) is 0 Å². The van der Waals surface area contributed by atoms with E-state index in [1.165, 1.54) is 28.9 Å². The second kappa shape index (κ2) is 8.18. The molecule has 0 saturated carbocycles. The number of amides is 1. The lowest BCUT2D eigenvalue weighted by atomic mass is 10.1. The molecule has 0 radical (unpaired) electrons. The van der Waals surface area contributed by atoms with Gasteiger partial charge in [-0.15, -0.1) is 0 Å². The maximum Gasteiger partial charge on any atom is 0.416 e. The number of para-hydroxylation sites is 2. The van der Waals surface area contributed by atoms with E-state index in [4.69, 9.17) is 0 Å². The van der Waals surface area contributed by atoms with Gasteiger partial charge in [-0.05, 0) is 35.9 Å². The number of fused-ring (bicyclic) bond motifs is 1. The second-order valence-corrected chi connectivity index (χ2v) is 7.02. The summed E-state index contributed by atoms with van der Waals surface area (Å²) in [7, 11) is 0. The Bertz CT molecular complexity index is 1310. The maximum absolute atomic E-state index is 12.9. The maximum atomic E-state index is 12.9. The van der Waals surface area contributed by atoms with E-state index in [9.17, 15) is 27.9 Å². The van der Waals surface area contributed by atoms with Gasteiger partial charge in [-0.2, -0.15) is 18.3 Å². The van der Waals surface area contributed by atoms with E-state index in [2.05, 4.69) is 10.4 Å². The van der Waals surface area contributed by atoms with E-state index < -0.39 is 23.6 Å². The summed E-state index contributed by atoms with van der Waals surface area (Å²) < 4.78 is 39.9. The van der Waals surface area contributed by atoms with Crippen LogP contribution < -0.4 is 5.32 Å². The fraction of sp³-hybridized carbons (Fsp3) is 0.0870. The van der Waals surface area contributed by atoms with Crippen molar-refractivity contribution in [2.45, 2.75) is 12.7 Å². The molecule has 0 bridgehead atoms. The molecule has 32 heavy (non-hydrogen) atoms. The van der Waals surface area contributed by atoms with Crippen molar-refractivity contribution >= 4 is 28.5 Å². The first-order chi connectivity index (χ1) is 15.2. The van der Waals surface area contributed by atoms with Crippen LogP contribution in [0.3, 0.4) is 0 Å². The van der Waals surface area contributed by atoms with Gasteiger partial charge in [0.05, 0.1) is 28.9 Å². The lowest BCUT2D eigenvalue weighted by molar-refractivity contribution is -0.137. The molecule has 1 heterocycles. The number of aromatic carboxylic acids is 1. The van der Waals surface area contributed by atoms with Gasteiger partial charge in [0.2, 0.25) is 0 Å². The van der Waals surface area contributed by atoms with Gasteiger partial charge in [0.25, 0.3) is 5.91 Å². The Morgan fingerprint density at radius 3 is 2.28 bits per heavy atom. The van der Waals surface area contributed by atoms with Crippen molar-refractivity contribution in [2.24, 2.45) is 0 Å². The molecule has 0 fully saturated rings. The predicted molar refractivity (Wildman–Crippen MR) is 112 cm³/mol. The standard InChI is InChI=1S/C23H16F3N3O3/c24-23(25,26)15-11-9-14(10-12-15)13-29-19-8-4-2-6-17(19)20(28-29)21(30)27-18-7-3-1-5-16(18)22(31)32/h1-12H,13H2,(H,27,30)(H,31,32). The molecule has 0 aliphatic carbocycles. The van der Waals surface area contributed by atoms with Crippen molar-refractivity contribution in [2.75, 3.05) is 5.32 Å². The minimum absolute atomic E-state index is 0.0608. The number of anilines is 1. The predicted octanol–water partition coefficient (Wildman–Crippen LogP) is 5.05. The number of halogens is 3. The third-order valence-corrected chi connectivity index (χ3v) is 4.89. The number of benzene rings is 3. The minimum Gasteiger partial charge on any atom is -0.478 e. The summed E-state index contributed by atoms with van der Waals surface area (Å²) in [5.41, 5.74) is 0.593. The lowest BCUT2D eigenvalue weighted by Gasteiger charge is -2.08. The number of carboxylic acids is 1. The Balaban J connectivity index is 1.66. The van der Waals surface area contributed by atoms with Crippen molar-refractivity contribution in [3.8, 4) is 0 Å². The number of nitrogens with one attached hydrogen (secondary N) is 1. The molecule has 6 nitrogen and oxygen atoms in total. The average molecular weight is 439 g/mol. The molecule has 0 atom stereocenters. The molecule has 0 spiro atoms.